The molecule has 3 heterocycles. The molecule has 0 saturated carbocycles. The molecular formula is C17H25N5O6S. The normalized spacial score (nSPS) is 15.2. The lowest BCUT2D eigenvalue weighted by atomic mass is 10.3. The fraction of sp³-hybridized carbons (Fsp3) is 0.647. The van der Waals surface area contributed by atoms with Crippen molar-refractivity contribution in [1.29, 1.82) is 0 Å². The predicted molar refractivity (Wildman–Crippen MR) is 106 cm³/mol. The first kappa shape index (κ1) is 21.2. The maximum absolute atomic E-state index is 12.6. The largest absolute Gasteiger partial charge is 0.378 e. The van der Waals surface area contributed by atoms with Crippen LogP contribution in [0.2, 0.25) is 0 Å². The van der Waals surface area contributed by atoms with Crippen molar-refractivity contribution < 1.29 is 17.9 Å². The van der Waals surface area contributed by atoms with E-state index in [0.717, 1.165) is 4.57 Å². The Morgan fingerprint density at radius 3 is 2.55 bits per heavy atom. The van der Waals surface area contributed by atoms with Gasteiger partial charge < -0.3 is 14.2 Å². The average Bonchev–Trinajstić information content (AvgIpc) is 3.09. The summed E-state index contributed by atoms with van der Waals surface area (Å²) in [5, 5.41) is 0. The lowest BCUT2D eigenvalue weighted by molar-refractivity contribution is -0.134. The lowest BCUT2D eigenvalue weighted by Gasteiger charge is -2.26. The highest BCUT2D eigenvalue weighted by Crippen LogP contribution is 2.06. The van der Waals surface area contributed by atoms with E-state index in [1.54, 1.807) is 11.9 Å². The van der Waals surface area contributed by atoms with Crippen LogP contribution in [0, 0.1) is 0 Å². The molecule has 11 nitrogen and oxygen atoms in total. The van der Waals surface area contributed by atoms with Gasteiger partial charge in [0.05, 0.1) is 31.0 Å². The number of rotatable bonds is 7. The molecule has 3 rings (SSSR count). The zero-order chi connectivity index (χ0) is 21.2. The Hall–Kier alpha value is -2.47. The van der Waals surface area contributed by atoms with Crippen LogP contribution < -0.4 is 11.2 Å². The molecule has 0 unspecified atom stereocenters. The molecule has 0 atom stereocenters. The number of imidazole rings is 1. The molecule has 1 aliphatic rings. The highest BCUT2D eigenvalue weighted by Gasteiger charge is 2.20. The monoisotopic (exact) mass is 427 g/mol. The van der Waals surface area contributed by atoms with Gasteiger partial charge in [0, 0.05) is 40.2 Å². The second kappa shape index (κ2) is 8.49. The highest BCUT2D eigenvalue weighted by atomic mass is 32.2. The van der Waals surface area contributed by atoms with Crippen molar-refractivity contribution in [3.05, 3.63) is 27.2 Å². The number of hydrogen-bond acceptors (Lipinski definition) is 7. The van der Waals surface area contributed by atoms with Crippen LogP contribution in [0.1, 0.15) is 12.8 Å². The summed E-state index contributed by atoms with van der Waals surface area (Å²) >= 11 is 0. The molecule has 2 aromatic rings. The van der Waals surface area contributed by atoms with E-state index in [9.17, 15) is 22.8 Å². The standard InChI is InChI=1S/C17H25N5O6S/c1-19-12-18-15-14(19)16(24)22(17(25)20(15)2)5-3-10-29(26,27)11-4-13(23)21-6-8-28-9-7-21/h12H,3-11H2,1-2H3. The second-order valence-corrected chi connectivity index (χ2v) is 9.38. The Balaban J connectivity index is 1.62. The van der Waals surface area contributed by atoms with Gasteiger partial charge in [-0.05, 0) is 6.42 Å². The molecule has 1 fully saturated rings. The third kappa shape index (κ3) is 4.58. The predicted octanol–water partition coefficient (Wildman–Crippen LogP) is -1.51. The SMILES string of the molecule is Cn1cnc2c1c(=O)n(CCCS(=O)(=O)CCC(=O)N1CCOCC1)c(=O)n2C. The number of aromatic nitrogens is 4. The van der Waals surface area contributed by atoms with Crippen LogP contribution in [0.4, 0.5) is 0 Å². The van der Waals surface area contributed by atoms with Crippen LogP contribution in [-0.2, 0) is 40.0 Å². The van der Waals surface area contributed by atoms with Gasteiger partial charge in [-0.2, -0.15) is 0 Å². The smallest absolute Gasteiger partial charge is 0.332 e. The van der Waals surface area contributed by atoms with Gasteiger partial charge in [0.1, 0.15) is 0 Å². The quantitative estimate of drug-likeness (QED) is 0.526. The van der Waals surface area contributed by atoms with Gasteiger partial charge in [-0.15, -0.1) is 0 Å². The van der Waals surface area contributed by atoms with Gasteiger partial charge in [-0.1, -0.05) is 0 Å². The number of fused-ring (bicyclic) bond motifs is 1. The number of nitrogens with zero attached hydrogens (tertiary/aromatic N) is 5. The van der Waals surface area contributed by atoms with Gasteiger partial charge in [0.15, 0.2) is 21.0 Å². The van der Waals surface area contributed by atoms with Crippen molar-refractivity contribution in [3.63, 3.8) is 0 Å². The topological polar surface area (TPSA) is 126 Å². The summed E-state index contributed by atoms with van der Waals surface area (Å²) in [6, 6.07) is 0. The molecule has 0 bridgehead atoms. The van der Waals surface area contributed by atoms with Crippen LogP contribution in [0.25, 0.3) is 11.2 Å². The Morgan fingerprint density at radius 1 is 1.17 bits per heavy atom. The van der Waals surface area contributed by atoms with Gasteiger partial charge in [0.25, 0.3) is 5.56 Å². The summed E-state index contributed by atoms with van der Waals surface area (Å²) in [5.41, 5.74) is -0.469. The van der Waals surface area contributed by atoms with Gasteiger partial charge >= 0.3 is 5.69 Å². The fourth-order valence-electron chi connectivity index (χ4n) is 3.35. The molecule has 29 heavy (non-hydrogen) atoms. The van der Waals surface area contributed by atoms with E-state index in [2.05, 4.69) is 4.98 Å². The molecule has 0 N–H and O–H groups in total. The van der Waals surface area contributed by atoms with Crippen molar-refractivity contribution >= 4 is 26.9 Å². The molecular weight excluding hydrogens is 402 g/mol. The first-order chi connectivity index (χ1) is 13.7. The Labute approximate surface area is 167 Å². The first-order valence-electron chi connectivity index (χ1n) is 9.38. The van der Waals surface area contributed by atoms with Gasteiger partial charge in [0.2, 0.25) is 5.91 Å². The number of carbonyl (C=O) groups excluding carboxylic acids is 1. The first-order valence-corrected chi connectivity index (χ1v) is 11.2. The molecule has 0 radical (unpaired) electrons. The average molecular weight is 427 g/mol. The summed E-state index contributed by atoms with van der Waals surface area (Å²) < 4.78 is 33.6. The van der Waals surface area contributed by atoms with Gasteiger partial charge in [-0.25, -0.2) is 18.2 Å². The molecule has 1 aliphatic heterocycles. The number of sulfone groups is 1. The second-order valence-electron chi connectivity index (χ2n) is 7.07. The van der Waals surface area contributed by atoms with Crippen LogP contribution in [-0.4, -0.2) is 75.7 Å². The highest BCUT2D eigenvalue weighted by molar-refractivity contribution is 7.91. The van der Waals surface area contributed by atoms with Crippen LogP contribution in [0.15, 0.2) is 15.9 Å². The lowest BCUT2D eigenvalue weighted by Crippen LogP contribution is -2.41. The summed E-state index contributed by atoms with van der Waals surface area (Å²) in [7, 11) is -0.312. The molecule has 160 valence electrons. The molecule has 1 saturated heterocycles. The van der Waals surface area contributed by atoms with Crippen molar-refractivity contribution in [3.8, 4) is 0 Å². The number of hydrogen-bond donors (Lipinski definition) is 0. The Morgan fingerprint density at radius 2 is 1.86 bits per heavy atom. The molecule has 0 aliphatic carbocycles. The van der Waals surface area contributed by atoms with Crippen LogP contribution >= 0.6 is 0 Å². The van der Waals surface area contributed by atoms with Crippen LogP contribution in [0.3, 0.4) is 0 Å². The van der Waals surface area contributed by atoms with Crippen molar-refractivity contribution in [2.75, 3.05) is 37.8 Å². The Kier molecular flexibility index (Phi) is 6.22. The zero-order valence-electron chi connectivity index (χ0n) is 16.5. The number of aryl methyl sites for hydroxylation is 2. The maximum Gasteiger partial charge on any atom is 0.332 e. The Bertz CT molecular complexity index is 1120. The van der Waals surface area contributed by atoms with E-state index in [0.29, 0.717) is 26.3 Å². The van der Waals surface area contributed by atoms with E-state index in [-0.39, 0.29) is 48.0 Å². The summed E-state index contributed by atoms with van der Waals surface area (Å²) in [5.74, 6) is -0.664. The van der Waals surface area contributed by atoms with E-state index >= 15 is 0 Å². The number of morpholine rings is 1. The van der Waals surface area contributed by atoms with E-state index in [1.807, 2.05) is 0 Å². The summed E-state index contributed by atoms with van der Waals surface area (Å²) in [6.07, 6.45) is 1.48. The zero-order valence-corrected chi connectivity index (χ0v) is 17.4. The van der Waals surface area contributed by atoms with E-state index < -0.39 is 21.1 Å². The molecule has 0 aromatic carbocycles. The maximum atomic E-state index is 12.6. The summed E-state index contributed by atoms with van der Waals surface area (Å²) in [4.78, 5) is 42.8. The third-order valence-electron chi connectivity index (χ3n) is 5.03. The number of amides is 1. The number of carbonyl (C=O) groups is 1. The summed E-state index contributed by atoms with van der Waals surface area (Å²) in [6.45, 7) is 1.85. The van der Waals surface area contributed by atoms with E-state index in [1.165, 1.54) is 22.5 Å². The van der Waals surface area contributed by atoms with Crippen LogP contribution in [0.5, 0.6) is 0 Å². The minimum Gasteiger partial charge on any atom is -0.378 e. The van der Waals surface area contributed by atoms with E-state index in [4.69, 9.17) is 4.74 Å². The van der Waals surface area contributed by atoms with Gasteiger partial charge in [-0.3, -0.25) is 18.7 Å². The molecule has 2 aromatic heterocycles. The van der Waals surface area contributed by atoms with Crippen molar-refractivity contribution in [1.82, 2.24) is 23.6 Å². The minimum atomic E-state index is -3.48. The molecule has 1 amide bonds. The molecule has 0 spiro atoms. The third-order valence-corrected chi connectivity index (χ3v) is 6.77. The fourth-order valence-corrected chi connectivity index (χ4v) is 4.61. The minimum absolute atomic E-state index is 0.0245. The number of ether oxygens (including phenoxy) is 1. The molecule has 12 heteroatoms. The van der Waals surface area contributed by atoms with Crippen molar-refractivity contribution in [2.45, 2.75) is 19.4 Å². The van der Waals surface area contributed by atoms with Crippen molar-refractivity contribution in [2.24, 2.45) is 14.1 Å².